The molecule has 0 amide bonds. The van der Waals surface area contributed by atoms with Crippen molar-refractivity contribution in [2.24, 2.45) is 0 Å². The van der Waals surface area contributed by atoms with Crippen LogP contribution in [0.4, 0.5) is 4.39 Å². The first-order chi connectivity index (χ1) is 9.63. The van der Waals surface area contributed by atoms with Crippen LogP contribution in [0, 0.1) is 5.82 Å². The largest absolute Gasteiger partial charge is 0.441 e. The van der Waals surface area contributed by atoms with Crippen molar-refractivity contribution >= 4 is 22.7 Å². The summed E-state index contributed by atoms with van der Waals surface area (Å²) in [6.07, 6.45) is -0.717. The molecule has 0 aliphatic carbocycles. The summed E-state index contributed by atoms with van der Waals surface area (Å²) in [7, 11) is 0. The third kappa shape index (κ3) is 2.53. The van der Waals surface area contributed by atoms with Gasteiger partial charge in [-0.25, -0.2) is 9.37 Å². The number of hydrogen-bond donors (Lipinski definition) is 1. The van der Waals surface area contributed by atoms with Crippen molar-refractivity contribution < 1.29 is 13.9 Å². The standard InChI is InChI=1S/C15H11ClFNO2/c16-10-6-5-9(7-11(10)17)13(19)8-15-18-12-3-1-2-4-14(12)20-15/h1-7,13,19H,8H2. The van der Waals surface area contributed by atoms with Crippen LogP contribution >= 0.6 is 11.6 Å². The van der Waals surface area contributed by atoms with Crippen molar-refractivity contribution in [3.05, 3.63) is 64.8 Å². The fourth-order valence-electron chi connectivity index (χ4n) is 2.01. The van der Waals surface area contributed by atoms with Crippen LogP contribution in [0.5, 0.6) is 0 Å². The molecule has 1 atom stereocenters. The van der Waals surface area contributed by atoms with Gasteiger partial charge in [0.1, 0.15) is 11.3 Å². The lowest BCUT2D eigenvalue weighted by Gasteiger charge is -2.09. The van der Waals surface area contributed by atoms with E-state index in [0.717, 1.165) is 5.52 Å². The van der Waals surface area contributed by atoms with E-state index in [4.69, 9.17) is 16.0 Å². The topological polar surface area (TPSA) is 46.3 Å². The molecule has 0 saturated heterocycles. The van der Waals surface area contributed by atoms with E-state index in [1.165, 1.54) is 12.1 Å². The van der Waals surface area contributed by atoms with E-state index in [2.05, 4.69) is 4.98 Å². The summed E-state index contributed by atoms with van der Waals surface area (Å²) in [5.41, 5.74) is 1.84. The average molecular weight is 292 g/mol. The van der Waals surface area contributed by atoms with Crippen LogP contribution in [0.25, 0.3) is 11.1 Å². The number of benzene rings is 2. The molecule has 102 valence electrons. The molecule has 0 aliphatic rings. The Kier molecular flexibility index (Phi) is 3.42. The second kappa shape index (κ2) is 5.23. The fourth-order valence-corrected chi connectivity index (χ4v) is 2.13. The molecular weight excluding hydrogens is 281 g/mol. The van der Waals surface area contributed by atoms with Gasteiger partial charge in [-0.3, -0.25) is 0 Å². The molecule has 0 spiro atoms. The predicted octanol–water partition coefficient (Wildman–Crippen LogP) is 3.90. The van der Waals surface area contributed by atoms with Crippen LogP contribution in [0.3, 0.4) is 0 Å². The number of para-hydroxylation sites is 2. The van der Waals surface area contributed by atoms with Gasteiger partial charge in [0.2, 0.25) is 0 Å². The van der Waals surface area contributed by atoms with Crippen LogP contribution in [-0.4, -0.2) is 10.1 Å². The quantitative estimate of drug-likeness (QED) is 0.796. The number of nitrogens with zero attached hydrogens (tertiary/aromatic N) is 1. The summed E-state index contributed by atoms with van der Waals surface area (Å²) in [6.45, 7) is 0. The van der Waals surface area contributed by atoms with Crippen molar-refractivity contribution in [1.82, 2.24) is 4.98 Å². The van der Waals surface area contributed by atoms with Crippen molar-refractivity contribution in [3.8, 4) is 0 Å². The van der Waals surface area contributed by atoms with Gasteiger partial charge >= 0.3 is 0 Å². The monoisotopic (exact) mass is 291 g/mol. The van der Waals surface area contributed by atoms with Crippen molar-refractivity contribution in [3.63, 3.8) is 0 Å². The summed E-state index contributed by atoms with van der Waals surface area (Å²) in [5, 5.41) is 10.1. The first-order valence-corrected chi connectivity index (χ1v) is 6.49. The van der Waals surface area contributed by atoms with E-state index >= 15 is 0 Å². The van der Waals surface area contributed by atoms with Gasteiger partial charge in [0, 0.05) is 0 Å². The molecule has 0 aliphatic heterocycles. The Hall–Kier alpha value is -1.91. The Morgan fingerprint density at radius 3 is 2.80 bits per heavy atom. The van der Waals surface area contributed by atoms with E-state index in [0.29, 0.717) is 17.0 Å². The third-order valence-corrected chi connectivity index (χ3v) is 3.34. The van der Waals surface area contributed by atoms with E-state index < -0.39 is 11.9 Å². The molecule has 1 unspecified atom stereocenters. The summed E-state index contributed by atoms with van der Waals surface area (Å²) < 4.78 is 18.9. The fraction of sp³-hybridized carbons (Fsp3) is 0.133. The smallest absolute Gasteiger partial charge is 0.198 e. The Bertz CT molecular complexity index is 723. The maximum absolute atomic E-state index is 13.4. The maximum atomic E-state index is 13.4. The normalized spacial score (nSPS) is 12.8. The number of aliphatic hydroxyl groups excluding tert-OH is 1. The first-order valence-electron chi connectivity index (χ1n) is 6.11. The Morgan fingerprint density at radius 2 is 2.05 bits per heavy atom. The molecule has 3 aromatic rings. The van der Waals surface area contributed by atoms with Crippen LogP contribution in [0.15, 0.2) is 46.9 Å². The van der Waals surface area contributed by atoms with Gasteiger partial charge in [0.25, 0.3) is 0 Å². The zero-order valence-electron chi connectivity index (χ0n) is 10.4. The lowest BCUT2D eigenvalue weighted by Crippen LogP contribution is -2.02. The van der Waals surface area contributed by atoms with Gasteiger partial charge in [-0.1, -0.05) is 29.8 Å². The van der Waals surface area contributed by atoms with Crippen LogP contribution in [-0.2, 0) is 6.42 Å². The third-order valence-electron chi connectivity index (χ3n) is 3.03. The molecule has 2 aromatic carbocycles. The van der Waals surface area contributed by atoms with Gasteiger partial charge in [0.05, 0.1) is 17.5 Å². The molecule has 1 heterocycles. The second-order valence-corrected chi connectivity index (χ2v) is 4.88. The molecule has 0 bridgehead atoms. The van der Waals surface area contributed by atoms with E-state index in [1.54, 1.807) is 12.1 Å². The molecule has 0 fully saturated rings. The molecule has 20 heavy (non-hydrogen) atoms. The van der Waals surface area contributed by atoms with Crippen molar-refractivity contribution in [2.75, 3.05) is 0 Å². The Morgan fingerprint density at radius 1 is 1.25 bits per heavy atom. The number of aliphatic hydroxyl groups is 1. The minimum atomic E-state index is -0.894. The zero-order chi connectivity index (χ0) is 14.1. The maximum Gasteiger partial charge on any atom is 0.198 e. The first kappa shape index (κ1) is 13.1. The second-order valence-electron chi connectivity index (χ2n) is 4.47. The summed E-state index contributed by atoms with van der Waals surface area (Å²) in [4.78, 5) is 4.27. The number of hydrogen-bond acceptors (Lipinski definition) is 3. The highest BCUT2D eigenvalue weighted by atomic mass is 35.5. The van der Waals surface area contributed by atoms with E-state index in [-0.39, 0.29) is 11.4 Å². The van der Waals surface area contributed by atoms with Crippen LogP contribution in [0.1, 0.15) is 17.6 Å². The molecule has 0 saturated carbocycles. The van der Waals surface area contributed by atoms with Gasteiger partial charge < -0.3 is 9.52 Å². The Balaban J connectivity index is 1.84. The number of halogens is 2. The highest BCUT2D eigenvalue weighted by molar-refractivity contribution is 6.30. The van der Waals surface area contributed by atoms with E-state index in [1.807, 2.05) is 18.2 Å². The lowest BCUT2D eigenvalue weighted by molar-refractivity contribution is 0.169. The number of fused-ring (bicyclic) bond motifs is 1. The van der Waals surface area contributed by atoms with Gasteiger partial charge in [-0.05, 0) is 29.8 Å². The van der Waals surface area contributed by atoms with Crippen molar-refractivity contribution in [2.45, 2.75) is 12.5 Å². The highest BCUT2D eigenvalue weighted by Crippen LogP contribution is 2.24. The minimum Gasteiger partial charge on any atom is -0.441 e. The van der Waals surface area contributed by atoms with Crippen LogP contribution < -0.4 is 0 Å². The van der Waals surface area contributed by atoms with Gasteiger partial charge in [-0.2, -0.15) is 0 Å². The minimum absolute atomic E-state index is 0.0304. The highest BCUT2D eigenvalue weighted by Gasteiger charge is 2.15. The molecular formula is C15H11ClFNO2. The molecule has 3 rings (SSSR count). The molecule has 1 aromatic heterocycles. The lowest BCUT2D eigenvalue weighted by atomic mass is 10.1. The molecule has 3 nitrogen and oxygen atoms in total. The average Bonchev–Trinajstić information content (AvgIpc) is 2.83. The molecule has 1 N–H and O–H groups in total. The predicted molar refractivity (Wildman–Crippen MR) is 74.1 cm³/mol. The van der Waals surface area contributed by atoms with Crippen LogP contribution in [0.2, 0.25) is 5.02 Å². The van der Waals surface area contributed by atoms with Gasteiger partial charge in [0.15, 0.2) is 11.5 Å². The Labute approximate surface area is 119 Å². The number of oxazole rings is 1. The van der Waals surface area contributed by atoms with E-state index in [9.17, 15) is 9.50 Å². The molecule has 0 radical (unpaired) electrons. The summed E-state index contributed by atoms with van der Waals surface area (Å²) in [6, 6.07) is 11.6. The van der Waals surface area contributed by atoms with Crippen molar-refractivity contribution in [1.29, 1.82) is 0 Å². The summed E-state index contributed by atoms with van der Waals surface area (Å²) >= 11 is 5.61. The zero-order valence-corrected chi connectivity index (χ0v) is 11.1. The SMILES string of the molecule is OC(Cc1nc2ccccc2o1)c1ccc(Cl)c(F)c1. The number of rotatable bonds is 3. The number of aromatic nitrogens is 1. The molecule has 5 heteroatoms. The van der Waals surface area contributed by atoms with Gasteiger partial charge in [-0.15, -0.1) is 0 Å². The summed E-state index contributed by atoms with van der Waals surface area (Å²) in [5.74, 6) is -0.144.